The van der Waals surface area contributed by atoms with E-state index < -0.39 is 0 Å². The highest BCUT2D eigenvalue weighted by atomic mass is 35.5. The van der Waals surface area contributed by atoms with Crippen LogP contribution in [0.3, 0.4) is 0 Å². The molecule has 0 bridgehead atoms. The van der Waals surface area contributed by atoms with Crippen LogP contribution in [0.25, 0.3) is 0 Å². The van der Waals surface area contributed by atoms with Crippen molar-refractivity contribution in [1.29, 1.82) is 0 Å². The lowest BCUT2D eigenvalue weighted by molar-refractivity contribution is 0.727. The molecule has 5 heteroatoms. The van der Waals surface area contributed by atoms with Crippen molar-refractivity contribution in [3.63, 3.8) is 0 Å². The summed E-state index contributed by atoms with van der Waals surface area (Å²) in [4.78, 5) is 2.21. The summed E-state index contributed by atoms with van der Waals surface area (Å²) in [5, 5.41) is 10.1. The first-order valence-corrected chi connectivity index (χ1v) is 6.24. The first-order valence-electron chi connectivity index (χ1n) is 4.89. The summed E-state index contributed by atoms with van der Waals surface area (Å²) in [5.74, 6) is 0.641. The maximum atomic E-state index is 5.75. The van der Waals surface area contributed by atoms with Gasteiger partial charge in [-0.25, -0.2) is 0 Å². The van der Waals surface area contributed by atoms with Crippen molar-refractivity contribution in [2.24, 2.45) is 0 Å². The molecule has 0 radical (unpaired) electrons. The van der Waals surface area contributed by atoms with Crippen LogP contribution >= 0.6 is 22.9 Å². The SMILES string of the molecule is CCCCN(CCCl)c1nnc(C)s1. The predicted octanol–water partition coefficient (Wildman–Crippen LogP) is 2.69. The third-order valence-electron chi connectivity index (χ3n) is 1.92. The van der Waals surface area contributed by atoms with Crippen molar-refractivity contribution < 1.29 is 0 Å². The van der Waals surface area contributed by atoms with Crippen molar-refractivity contribution in [2.75, 3.05) is 23.9 Å². The smallest absolute Gasteiger partial charge is 0.208 e. The molecule has 14 heavy (non-hydrogen) atoms. The molecule has 1 heterocycles. The van der Waals surface area contributed by atoms with Gasteiger partial charge >= 0.3 is 0 Å². The van der Waals surface area contributed by atoms with Gasteiger partial charge in [-0.15, -0.1) is 21.8 Å². The summed E-state index contributed by atoms with van der Waals surface area (Å²) in [7, 11) is 0. The average molecular weight is 234 g/mol. The molecule has 80 valence electrons. The second kappa shape index (κ2) is 6.19. The normalized spacial score (nSPS) is 10.5. The Kier molecular flexibility index (Phi) is 5.19. The quantitative estimate of drug-likeness (QED) is 0.708. The van der Waals surface area contributed by atoms with Gasteiger partial charge in [-0.2, -0.15) is 0 Å². The Hall–Kier alpha value is -0.350. The highest BCUT2D eigenvalue weighted by Gasteiger charge is 2.09. The van der Waals surface area contributed by atoms with E-state index in [0.29, 0.717) is 5.88 Å². The minimum absolute atomic E-state index is 0.641. The highest BCUT2D eigenvalue weighted by Crippen LogP contribution is 2.19. The molecule has 0 saturated carbocycles. The van der Waals surface area contributed by atoms with Crippen molar-refractivity contribution >= 4 is 28.1 Å². The third-order valence-corrected chi connectivity index (χ3v) is 2.99. The number of aromatic nitrogens is 2. The molecule has 0 atom stereocenters. The molecule has 0 spiro atoms. The minimum atomic E-state index is 0.641. The number of rotatable bonds is 6. The van der Waals surface area contributed by atoms with Crippen LogP contribution in [0, 0.1) is 6.92 Å². The fourth-order valence-corrected chi connectivity index (χ4v) is 2.11. The van der Waals surface area contributed by atoms with Gasteiger partial charge < -0.3 is 4.90 Å². The van der Waals surface area contributed by atoms with E-state index in [4.69, 9.17) is 11.6 Å². The molecule has 0 saturated heterocycles. The van der Waals surface area contributed by atoms with Gasteiger partial charge in [0, 0.05) is 19.0 Å². The number of aryl methyl sites for hydroxylation is 1. The summed E-state index contributed by atoms with van der Waals surface area (Å²) in [6, 6.07) is 0. The van der Waals surface area contributed by atoms with E-state index >= 15 is 0 Å². The topological polar surface area (TPSA) is 29.0 Å². The van der Waals surface area contributed by atoms with E-state index in [2.05, 4.69) is 22.0 Å². The van der Waals surface area contributed by atoms with Gasteiger partial charge in [0.15, 0.2) is 0 Å². The second-order valence-electron chi connectivity index (χ2n) is 3.13. The van der Waals surface area contributed by atoms with E-state index in [9.17, 15) is 0 Å². The van der Waals surface area contributed by atoms with Crippen molar-refractivity contribution in [3.8, 4) is 0 Å². The number of unbranched alkanes of at least 4 members (excludes halogenated alkanes) is 1. The Bertz CT molecular complexity index is 264. The summed E-state index contributed by atoms with van der Waals surface area (Å²) in [5.41, 5.74) is 0. The van der Waals surface area contributed by atoms with E-state index in [0.717, 1.165) is 23.2 Å². The van der Waals surface area contributed by atoms with Crippen LogP contribution in [0.1, 0.15) is 24.8 Å². The monoisotopic (exact) mass is 233 g/mol. The fraction of sp³-hybridized carbons (Fsp3) is 0.778. The molecule has 0 fully saturated rings. The lowest BCUT2D eigenvalue weighted by Crippen LogP contribution is -2.26. The van der Waals surface area contributed by atoms with E-state index in [1.165, 1.54) is 12.8 Å². The lowest BCUT2D eigenvalue weighted by Gasteiger charge is -2.19. The summed E-state index contributed by atoms with van der Waals surface area (Å²) < 4.78 is 0. The molecular formula is C9H16ClN3S. The summed E-state index contributed by atoms with van der Waals surface area (Å²) in [6.45, 7) is 6.04. The molecule has 3 nitrogen and oxygen atoms in total. The Morgan fingerprint density at radius 3 is 2.64 bits per heavy atom. The van der Waals surface area contributed by atoms with Crippen LogP contribution in [0.5, 0.6) is 0 Å². The molecule has 0 aliphatic rings. The van der Waals surface area contributed by atoms with Gasteiger partial charge in [-0.3, -0.25) is 0 Å². The molecule has 0 N–H and O–H groups in total. The molecule has 0 amide bonds. The lowest BCUT2D eigenvalue weighted by atomic mass is 10.3. The Balaban J connectivity index is 2.57. The van der Waals surface area contributed by atoms with Gasteiger partial charge in [0.25, 0.3) is 0 Å². The van der Waals surface area contributed by atoms with Crippen LogP contribution in [0.15, 0.2) is 0 Å². The molecule has 0 aliphatic carbocycles. The zero-order chi connectivity index (χ0) is 10.4. The van der Waals surface area contributed by atoms with Gasteiger partial charge in [0.1, 0.15) is 5.01 Å². The van der Waals surface area contributed by atoms with Gasteiger partial charge in [-0.1, -0.05) is 24.7 Å². The maximum Gasteiger partial charge on any atom is 0.208 e. The standard InChI is InChI=1S/C9H16ClN3S/c1-3-4-6-13(7-5-10)9-12-11-8(2)14-9/h3-7H2,1-2H3. The summed E-state index contributed by atoms with van der Waals surface area (Å²) in [6.07, 6.45) is 2.37. The van der Waals surface area contributed by atoms with Crippen LogP contribution in [0.2, 0.25) is 0 Å². The number of hydrogen-bond acceptors (Lipinski definition) is 4. The zero-order valence-corrected chi connectivity index (χ0v) is 10.2. The number of anilines is 1. The number of alkyl halides is 1. The minimum Gasteiger partial charge on any atom is -0.345 e. The molecule has 0 aliphatic heterocycles. The van der Waals surface area contributed by atoms with E-state index in [1.54, 1.807) is 11.3 Å². The van der Waals surface area contributed by atoms with E-state index in [1.807, 2.05) is 6.92 Å². The zero-order valence-electron chi connectivity index (χ0n) is 8.66. The van der Waals surface area contributed by atoms with E-state index in [-0.39, 0.29) is 0 Å². The third kappa shape index (κ3) is 3.42. The Morgan fingerprint density at radius 2 is 2.14 bits per heavy atom. The number of halogens is 1. The van der Waals surface area contributed by atoms with Crippen LogP contribution < -0.4 is 4.90 Å². The van der Waals surface area contributed by atoms with Crippen LogP contribution in [-0.2, 0) is 0 Å². The van der Waals surface area contributed by atoms with Crippen LogP contribution in [-0.4, -0.2) is 29.2 Å². The first kappa shape index (κ1) is 11.7. The number of hydrogen-bond donors (Lipinski definition) is 0. The van der Waals surface area contributed by atoms with Gasteiger partial charge in [0.05, 0.1) is 0 Å². The van der Waals surface area contributed by atoms with Gasteiger partial charge in [0.2, 0.25) is 5.13 Å². The van der Waals surface area contributed by atoms with Gasteiger partial charge in [-0.05, 0) is 13.3 Å². The fourth-order valence-electron chi connectivity index (χ4n) is 1.17. The molecule has 0 aromatic carbocycles. The second-order valence-corrected chi connectivity index (χ2v) is 4.67. The number of nitrogens with zero attached hydrogens (tertiary/aromatic N) is 3. The Morgan fingerprint density at radius 1 is 1.36 bits per heavy atom. The van der Waals surface area contributed by atoms with Crippen molar-refractivity contribution in [1.82, 2.24) is 10.2 Å². The molecule has 1 aromatic heterocycles. The molecule has 0 unspecified atom stereocenters. The predicted molar refractivity (Wildman–Crippen MR) is 62.5 cm³/mol. The van der Waals surface area contributed by atoms with Crippen molar-refractivity contribution in [2.45, 2.75) is 26.7 Å². The Labute approximate surface area is 94.1 Å². The summed E-state index contributed by atoms with van der Waals surface area (Å²) >= 11 is 7.38. The van der Waals surface area contributed by atoms with Crippen LogP contribution in [0.4, 0.5) is 5.13 Å². The largest absolute Gasteiger partial charge is 0.345 e. The first-order chi connectivity index (χ1) is 6.77. The highest BCUT2D eigenvalue weighted by molar-refractivity contribution is 7.15. The maximum absolute atomic E-state index is 5.75. The molecular weight excluding hydrogens is 218 g/mol. The molecule has 1 aromatic rings. The van der Waals surface area contributed by atoms with Crippen molar-refractivity contribution in [3.05, 3.63) is 5.01 Å². The average Bonchev–Trinajstić information content (AvgIpc) is 2.59. The molecule has 1 rings (SSSR count).